The predicted molar refractivity (Wildman–Crippen MR) is 70.9 cm³/mol. The first-order valence-electron chi connectivity index (χ1n) is 5.64. The van der Waals surface area contributed by atoms with E-state index in [1.165, 1.54) is 23.3 Å². The molecule has 0 unspecified atom stereocenters. The van der Waals surface area contributed by atoms with Gasteiger partial charge in [0.05, 0.1) is 11.4 Å². The lowest BCUT2D eigenvalue weighted by molar-refractivity contribution is -0.133. The van der Waals surface area contributed by atoms with Gasteiger partial charge in [-0.05, 0) is 31.3 Å². The molecule has 17 heavy (non-hydrogen) atoms. The molecular weight excluding hydrogens is 256 g/mol. The summed E-state index contributed by atoms with van der Waals surface area (Å²) in [5.74, 6) is 1.66. The number of carbonyl (C=O) groups is 1. The number of hydrogen-bond acceptors (Lipinski definition) is 4. The molecule has 6 heteroatoms. The van der Waals surface area contributed by atoms with Gasteiger partial charge in [-0.25, -0.2) is 4.98 Å². The minimum Gasteiger partial charge on any atom is -0.481 e. The molecule has 1 aromatic rings. The molecule has 0 spiro atoms. The number of aryl methyl sites for hydroxylation is 1. The number of aromatic nitrogens is 2. The fraction of sp³-hybridized carbons (Fsp3) is 0.636. The van der Waals surface area contributed by atoms with Crippen molar-refractivity contribution in [2.75, 3.05) is 17.3 Å². The van der Waals surface area contributed by atoms with Crippen LogP contribution in [0, 0.1) is 6.92 Å². The summed E-state index contributed by atoms with van der Waals surface area (Å²) in [4.78, 5) is 15.0. The second kappa shape index (κ2) is 5.82. The highest BCUT2D eigenvalue weighted by atomic mass is 32.2. The SMILES string of the molecule is Cc1cn(C2CCSCC2)c(SCC(=O)O)n1. The van der Waals surface area contributed by atoms with E-state index in [0.29, 0.717) is 6.04 Å². The van der Waals surface area contributed by atoms with Gasteiger partial charge < -0.3 is 9.67 Å². The van der Waals surface area contributed by atoms with E-state index >= 15 is 0 Å². The van der Waals surface area contributed by atoms with Crippen molar-refractivity contribution in [1.29, 1.82) is 0 Å². The van der Waals surface area contributed by atoms with Crippen LogP contribution in [0.3, 0.4) is 0 Å². The van der Waals surface area contributed by atoms with Gasteiger partial charge in [-0.2, -0.15) is 11.8 Å². The first kappa shape index (κ1) is 12.8. The number of hydrogen-bond donors (Lipinski definition) is 1. The van der Waals surface area contributed by atoms with Gasteiger partial charge in [-0.3, -0.25) is 4.79 Å². The van der Waals surface area contributed by atoms with E-state index in [0.717, 1.165) is 23.7 Å². The lowest BCUT2D eigenvalue weighted by Crippen LogP contribution is -2.15. The molecule has 0 bridgehead atoms. The lowest BCUT2D eigenvalue weighted by Gasteiger charge is -2.24. The van der Waals surface area contributed by atoms with Gasteiger partial charge >= 0.3 is 5.97 Å². The third-order valence-corrected chi connectivity index (χ3v) is 4.73. The Labute approximate surface area is 109 Å². The fourth-order valence-electron chi connectivity index (χ4n) is 1.95. The largest absolute Gasteiger partial charge is 0.481 e. The number of aliphatic carboxylic acids is 1. The zero-order valence-corrected chi connectivity index (χ0v) is 11.4. The molecule has 1 fully saturated rings. The van der Waals surface area contributed by atoms with Crippen LogP contribution < -0.4 is 0 Å². The summed E-state index contributed by atoms with van der Waals surface area (Å²) in [6.07, 6.45) is 4.35. The summed E-state index contributed by atoms with van der Waals surface area (Å²) in [5, 5.41) is 9.57. The highest BCUT2D eigenvalue weighted by Gasteiger charge is 2.19. The summed E-state index contributed by atoms with van der Waals surface area (Å²) >= 11 is 3.30. The van der Waals surface area contributed by atoms with Crippen molar-refractivity contribution >= 4 is 29.5 Å². The third-order valence-electron chi connectivity index (χ3n) is 2.73. The zero-order valence-electron chi connectivity index (χ0n) is 9.76. The minimum atomic E-state index is -0.790. The van der Waals surface area contributed by atoms with Crippen LogP contribution in [0.2, 0.25) is 0 Å². The topological polar surface area (TPSA) is 55.1 Å². The summed E-state index contributed by atoms with van der Waals surface area (Å²) in [5.41, 5.74) is 0.969. The standard InChI is InChI=1S/C11H16N2O2S2/c1-8-6-13(9-2-4-16-5-3-9)11(12-8)17-7-10(14)15/h6,9H,2-5,7H2,1H3,(H,14,15). The first-order chi connectivity index (χ1) is 8.16. The quantitative estimate of drug-likeness (QED) is 0.853. The van der Waals surface area contributed by atoms with Gasteiger partial charge in [0, 0.05) is 12.2 Å². The maximum Gasteiger partial charge on any atom is 0.313 e. The molecule has 1 saturated heterocycles. The third kappa shape index (κ3) is 3.42. The van der Waals surface area contributed by atoms with E-state index in [-0.39, 0.29) is 5.75 Å². The first-order valence-corrected chi connectivity index (χ1v) is 7.78. The number of thioether (sulfide) groups is 2. The van der Waals surface area contributed by atoms with Gasteiger partial charge in [-0.1, -0.05) is 11.8 Å². The van der Waals surface area contributed by atoms with Crippen molar-refractivity contribution < 1.29 is 9.90 Å². The van der Waals surface area contributed by atoms with Crippen LogP contribution in [0.25, 0.3) is 0 Å². The van der Waals surface area contributed by atoms with Crippen LogP contribution >= 0.6 is 23.5 Å². The Morgan fingerprint density at radius 1 is 1.65 bits per heavy atom. The molecule has 1 aliphatic rings. The molecule has 94 valence electrons. The molecule has 0 radical (unpaired) electrons. The molecule has 0 aliphatic carbocycles. The van der Waals surface area contributed by atoms with Crippen molar-refractivity contribution in [2.24, 2.45) is 0 Å². The molecular formula is C11H16N2O2S2. The van der Waals surface area contributed by atoms with E-state index in [4.69, 9.17) is 5.11 Å². The second-order valence-electron chi connectivity index (χ2n) is 4.10. The van der Waals surface area contributed by atoms with Gasteiger partial charge in [0.2, 0.25) is 0 Å². The summed E-state index contributed by atoms with van der Waals surface area (Å²) < 4.78 is 2.17. The van der Waals surface area contributed by atoms with E-state index in [1.54, 1.807) is 0 Å². The highest BCUT2D eigenvalue weighted by molar-refractivity contribution is 7.99. The molecule has 0 atom stereocenters. The smallest absolute Gasteiger partial charge is 0.313 e. The van der Waals surface area contributed by atoms with E-state index in [1.807, 2.05) is 24.9 Å². The van der Waals surface area contributed by atoms with Gasteiger partial charge in [0.15, 0.2) is 5.16 Å². The monoisotopic (exact) mass is 272 g/mol. The maximum atomic E-state index is 10.6. The number of nitrogens with zero attached hydrogens (tertiary/aromatic N) is 2. The molecule has 1 aromatic heterocycles. The van der Waals surface area contributed by atoms with E-state index in [2.05, 4.69) is 9.55 Å². The Hall–Kier alpha value is -0.620. The van der Waals surface area contributed by atoms with Crippen LogP contribution in [-0.2, 0) is 4.79 Å². The highest BCUT2D eigenvalue weighted by Crippen LogP contribution is 2.31. The lowest BCUT2D eigenvalue weighted by atomic mass is 10.1. The van der Waals surface area contributed by atoms with Crippen molar-refractivity contribution in [3.05, 3.63) is 11.9 Å². The average Bonchev–Trinajstić information content (AvgIpc) is 2.69. The normalized spacial score (nSPS) is 17.2. The maximum absolute atomic E-state index is 10.6. The molecule has 0 aromatic carbocycles. The number of imidazole rings is 1. The molecule has 1 N–H and O–H groups in total. The molecule has 2 heterocycles. The Kier molecular flexibility index (Phi) is 4.39. The van der Waals surface area contributed by atoms with Crippen LogP contribution in [0.4, 0.5) is 0 Å². The summed E-state index contributed by atoms with van der Waals surface area (Å²) in [6, 6.07) is 0.494. The molecule has 1 aliphatic heterocycles. The van der Waals surface area contributed by atoms with Crippen LogP contribution in [0.5, 0.6) is 0 Å². The van der Waals surface area contributed by atoms with Crippen LogP contribution in [0.15, 0.2) is 11.4 Å². The fourth-order valence-corrected chi connectivity index (χ4v) is 3.85. The van der Waals surface area contributed by atoms with E-state index in [9.17, 15) is 4.79 Å². The second-order valence-corrected chi connectivity index (χ2v) is 6.27. The summed E-state index contributed by atoms with van der Waals surface area (Å²) in [6.45, 7) is 1.96. The molecule has 2 rings (SSSR count). The summed E-state index contributed by atoms with van der Waals surface area (Å²) in [7, 11) is 0. The van der Waals surface area contributed by atoms with Crippen molar-refractivity contribution in [3.63, 3.8) is 0 Å². The number of carboxylic acids is 1. The Morgan fingerprint density at radius 2 is 2.35 bits per heavy atom. The van der Waals surface area contributed by atoms with E-state index < -0.39 is 5.97 Å². The Bertz CT molecular complexity index is 400. The van der Waals surface area contributed by atoms with Crippen LogP contribution in [-0.4, -0.2) is 37.9 Å². The Balaban J connectivity index is 2.11. The van der Waals surface area contributed by atoms with Gasteiger partial charge in [-0.15, -0.1) is 0 Å². The van der Waals surface area contributed by atoms with Gasteiger partial charge in [0.25, 0.3) is 0 Å². The van der Waals surface area contributed by atoms with Crippen molar-refractivity contribution in [1.82, 2.24) is 9.55 Å². The average molecular weight is 272 g/mol. The predicted octanol–water partition coefficient (Wildman–Crippen LogP) is 2.44. The van der Waals surface area contributed by atoms with Crippen molar-refractivity contribution in [2.45, 2.75) is 31.0 Å². The molecule has 0 amide bonds. The zero-order chi connectivity index (χ0) is 12.3. The molecule has 0 saturated carbocycles. The van der Waals surface area contributed by atoms with Crippen LogP contribution in [0.1, 0.15) is 24.6 Å². The van der Waals surface area contributed by atoms with Gasteiger partial charge in [0.1, 0.15) is 0 Å². The van der Waals surface area contributed by atoms with Crippen molar-refractivity contribution in [3.8, 4) is 0 Å². The number of rotatable bonds is 4. The minimum absolute atomic E-state index is 0.0813. The molecule has 4 nitrogen and oxygen atoms in total. The Morgan fingerprint density at radius 3 is 3.00 bits per heavy atom. The number of carboxylic acid groups (broad SMARTS) is 1.